The van der Waals surface area contributed by atoms with E-state index in [0.717, 1.165) is 21.5 Å². The zero-order valence-electron chi connectivity index (χ0n) is 18.7. The van der Waals surface area contributed by atoms with Crippen LogP contribution in [0.2, 0.25) is 5.02 Å². The molecule has 3 aromatic rings. The number of nitrogens with one attached hydrogen (secondary N) is 1. The van der Waals surface area contributed by atoms with Crippen molar-refractivity contribution in [1.82, 2.24) is 4.98 Å². The summed E-state index contributed by atoms with van der Waals surface area (Å²) in [6.07, 6.45) is 1.12. The van der Waals surface area contributed by atoms with Crippen molar-refractivity contribution in [3.8, 4) is 0 Å². The van der Waals surface area contributed by atoms with Crippen molar-refractivity contribution in [2.75, 3.05) is 5.32 Å². The third-order valence-corrected chi connectivity index (χ3v) is 7.64. The lowest BCUT2D eigenvalue weighted by atomic mass is 9.66. The van der Waals surface area contributed by atoms with Gasteiger partial charge in [-0.15, -0.1) is 0 Å². The highest BCUT2D eigenvalue weighted by Crippen LogP contribution is 2.49. The van der Waals surface area contributed by atoms with Crippen LogP contribution in [0.25, 0.3) is 10.2 Å². The Kier molecular flexibility index (Phi) is 5.46. The number of benzene rings is 2. The first-order valence-corrected chi connectivity index (χ1v) is 12.2. The van der Waals surface area contributed by atoms with Crippen molar-refractivity contribution in [1.29, 1.82) is 0 Å². The highest BCUT2D eigenvalue weighted by atomic mass is 35.5. The van der Waals surface area contributed by atoms with Crippen molar-refractivity contribution < 1.29 is 9.59 Å². The van der Waals surface area contributed by atoms with E-state index < -0.39 is 11.8 Å². The highest BCUT2D eigenvalue weighted by Gasteiger charge is 2.46. The number of rotatable bonds is 3. The molecule has 0 radical (unpaired) electrons. The minimum Gasteiger partial charge on any atom is -0.301 e. The Morgan fingerprint density at radius 3 is 2.61 bits per heavy atom. The molecule has 0 bridgehead atoms. The van der Waals surface area contributed by atoms with E-state index in [9.17, 15) is 9.59 Å². The zero-order valence-corrected chi connectivity index (χ0v) is 20.3. The Morgan fingerprint density at radius 2 is 1.85 bits per heavy atom. The Balaban J connectivity index is 1.59. The third kappa shape index (κ3) is 4.02. The first-order chi connectivity index (χ1) is 15.7. The molecule has 2 atom stereocenters. The number of amides is 1. The molecule has 1 aliphatic carbocycles. The van der Waals surface area contributed by atoms with E-state index in [-0.39, 0.29) is 17.1 Å². The first kappa shape index (κ1) is 22.0. The molecule has 0 fully saturated rings. The van der Waals surface area contributed by atoms with Crippen molar-refractivity contribution in [3.63, 3.8) is 0 Å². The number of Topliss-reactive ketones (excluding diaryl/α,β-unsaturated/α-hetero) is 1. The van der Waals surface area contributed by atoms with Gasteiger partial charge in [0.2, 0.25) is 5.91 Å². The fourth-order valence-electron chi connectivity index (χ4n) is 4.96. The lowest BCUT2D eigenvalue weighted by Gasteiger charge is -2.39. The van der Waals surface area contributed by atoms with Gasteiger partial charge >= 0.3 is 0 Å². The summed E-state index contributed by atoms with van der Waals surface area (Å²) in [6, 6.07) is 15.2. The van der Waals surface area contributed by atoms with Crippen LogP contribution in [0.1, 0.15) is 45.1 Å². The summed E-state index contributed by atoms with van der Waals surface area (Å²) in [5, 5.41) is 4.06. The van der Waals surface area contributed by atoms with E-state index in [0.29, 0.717) is 34.3 Å². The van der Waals surface area contributed by atoms with E-state index in [2.05, 4.69) is 24.1 Å². The molecule has 5 rings (SSSR count). The maximum atomic E-state index is 13.7. The quantitative estimate of drug-likeness (QED) is 0.474. The minimum atomic E-state index is -0.652. The van der Waals surface area contributed by atoms with Crippen LogP contribution in [0.15, 0.2) is 64.8 Å². The zero-order chi connectivity index (χ0) is 23.3. The second-order valence-electron chi connectivity index (χ2n) is 9.51. The van der Waals surface area contributed by atoms with E-state index in [1.807, 2.05) is 49.4 Å². The lowest BCUT2D eigenvalue weighted by Crippen LogP contribution is -2.41. The average molecular weight is 478 g/mol. The topological polar surface area (TPSA) is 71.4 Å². The van der Waals surface area contributed by atoms with Crippen molar-refractivity contribution in [3.05, 3.63) is 70.4 Å². The molecule has 1 aromatic heterocycles. The van der Waals surface area contributed by atoms with Gasteiger partial charge in [-0.05, 0) is 42.5 Å². The van der Waals surface area contributed by atoms with Crippen molar-refractivity contribution >= 4 is 55.7 Å². The highest BCUT2D eigenvalue weighted by molar-refractivity contribution is 7.22. The second kappa shape index (κ2) is 8.19. The summed E-state index contributed by atoms with van der Waals surface area (Å²) in [6.45, 7) is 6.02. The van der Waals surface area contributed by atoms with Gasteiger partial charge in [0.25, 0.3) is 0 Å². The number of aliphatic imine (C=N–C) groups is 1. The molecule has 1 amide bonds. The number of carbonyl (C=O) groups is 2. The summed E-state index contributed by atoms with van der Waals surface area (Å²) >= 11 is 8.03. The molecule has 1 N–H and O–H groups in total. The van der Waals surface area contributed by atoms with Gasteiger partial charge in [-0.2, -0.15) is 0 Å². The second-order valence-corrected chi connectivity index (χ2v) is 10.9. The molecular formula is C26H24ClN3O2S. The van der Waals surface area contributed by atoms with Crippen LogP contribution in [0.4, 0.5) is 5.13 Å². The molecule has 5 nitrogen and oxygen atoms in total. The molecule has 0 spiro atoms. The monoisotopic (exact) mass is 477 g/mol. The predicted octanol–water partition coefficient (Wildman–Crippen LogP) is 6.41. The molecule has 0 saturated carbocycles. The van der Waals surface area contributed by atoms with Crippen molar-refractivity contribution in [2.45, 2.75) is 39.5 Å². The fourth-order valence-corrected chi connectivity index (χ4v) is 6.08. The molecule has 0 saturated heterocycles. The summed E-state index contributed by atoms with van der Waals surface area (Å²) in [5.41, 5.74) is 3.53. The Labute approximate surface area is 201 Å². The smallest absolute Gasteiger partial charge is 0.235 e. The van der Waals surface area contributed by atoms with Gasteiger partial charge in [0, 0.05) is 34.3 Å². The van der Waals surface area contributed by atoms with E-state index >= 15 is 0 Å². The molecule has 168 valence electrons. The number of hydrogen-bond donors (Lipinski definition) is 1. The predicted molar refractivity (Wildman–Crippen MR) is 134 cm³/mol. The molecular weight excluding hydrogens is 454 g/mol. The fraction of sp³-hybridized carbons (Fsp3) is 0.308. The van der Waals surface area contributed by atoms with E-state index in [1.165, 1.54) is 11.3 Å². The number of anilines is 1. The number of nitrogens with zero attached hydrogens (tertiary/aromatic N) is 2. The van der Waals surface area contributed by atoms with Gasteiger partial charge in [-0.3, -0.25) is 14.6 Å². The van der Waals surface area contributed by atoms with Gasteiger partial charge < -0.3 is 5.32 Å². The minimum absolute atomic E-state index is 0.0419. The van der Waals surface area contributed by atoms with E-state index in [4.69, 9.17) is 16.6 Å². The molecule has 1 unspecified atom stereocenters. The Morgan fingerprint density at radius 1 is 1.12 bits per heavy atom. The lowest BCUT2D eigenvalue weighted by molar-refractivity contribution is -0.119. The van der Waals surface area contributed by atoms with Gasteiger partial charge in [0.15, 0.2) is 10.9 Å². The van der Waals surface area contributed by atoms with Gasteiger partial charge in [0.1, 0.15) is 0 Å². The number of carbonyl (C=O) groups excluding carboxylic acids is 2. The largest absolute Gasteiger partial charge is 0.301 e. The number of ketones is 1. The molecule has 2 aromatic carbocycles. The van der Waals surface area contributed by atoms with Gasteiger partial charge in [-0.25, -0.2) is 4.98 Å². The maximum absolute atomic E-state index is 13.7. The number of thiazole rings is 1. The Bertz CT molecular complexity index is 1320. The van der Waals surface area contributed by atoms with Gasteiger partial charge in [0.05, 0.1) is 16.1 Å². The Hall–Kier alpha value is -2.83. The SMILES string of the molecule is CC1=NC2=C(C(=O)CC(C)(C)C2)[C@@H](c2ccccc2Cl)C1C(=O)Nc1nc2ccccc2s1. The third-order valence-electron chi connectivity index (χ3n) is 6.35. The standard InChI is InChI=1S/C26H24ClN3O2S/c1-14-21(24(32)30-25-29-17-10-6-7-11-20(17)33-25)22(15-8-4-5-9-16(15)27)23-18(28-14)12-26(2,3)13-19(23)31/h4-11,21-22H,12-13H2,1-3H3,(H,29,30,32)/t21?,22-/m0/s1. The average Bonchev–Trinajstić information content (AvgIpc) is 3.14. The summed E-state index contributed by atoms with van der Waals surface area (Å²) in [5.74, 6) is -1.32. The van der Waals surface area contributed by atoms with Crippen LogP contribution in [-0.2, 0) is 9.59 Å². The number of fused-ring (bicyclic) bond motifs is 1. The molecule has 2 aliphatic rings. The first-order valence-electron chi connectivity index (χ1n) is 11.0. The number of halogens is 1. The van der Waals surface area contributed by atoms with E-state index in [1.54, 1.807) is 6.07 Å². The van der Waals surface area contributed by atoms with Crippen LogP contribution in [-0.4, -0.2) is 22.4 Å². The maximum Gasteiger partial charge on any atom is 0.235 e. The van der Waals surface area contributed by atoms with Crippen LogP contribution in [0.3, 0.4) is 0 Å². The van der Waals surface area contributed by atoms with Crippen LogP contribution < -0.4 is 5.32 Å². The van der Waals surface area contributed by atoms with Crippen LogP contribution >= 0.6 is 22.9 Å². The summed E-state index contributed by atoms with van der Waals surface area (Å²) < 4.78 is 0.999. The van der Waals surface area contributed by atoms with Gasteiger partial charge in [-0.1, -0.05) is 67.1 Å². The molecule has 1 aliphatic heterocycles. The van der Waals surface area contributed by atoms with Crippen LogP contribution in [0.5, 0.6) is 0 Å². The number of allylic oxidation sites excluding steroid dienone is 2. The summed E-state index contributed by atoms with van der Waals surface area (Å²) in [4.78, 5) is 36.4. The molecule has 2 heterocycles. The number of hydrogen-bond acceptors (Lipinski definition) is 5. The summed E-state index contributed by atoms with van der Waals surface area (Å²) in [7, 11) is 0. The normalized spacial score (nSPS) is 22.2. The molecule has 33 heavy (non-hydrogen) atoms. The van der Waals surface area contributed by atoms with Crippen molar-refractivity contribution in [2.24, 2.45) is 16.3 Å². The van der Waals surface area contributed by atoms with Crippen LogP contribution in [0, 0.1) is 11.3 Å². The number of para-hydroxylation sites is 1. The number of aromatic nitrogens is 1. The molecule has 7 heteroatoms.